The van der Waals surface area contributed by atoms with Gasteiger partial charge in [0.2, 0.25) is 0 Å². The molecule has 0 aliphatic heterocycles. The molecule has 0 aliphatic rings. The predicted octanol–water partition coefficient (Wildman–Crippen LogP) is 5.27. The fraction of sp³-hybridized carbons (Fsp3) is 0.240. The summed E-state index contributed by atoms with van der Waals surface area (Å²) in [6.07, 6.45) is 0. The molecule has 9 heteroatoms. The molecule has 0 heterocycles. The van der Waals surface area contributed by atoms with Crippen molar-refractivity contribution in [3.05, 3.63) is 81.9 Å². The third-order valence-electron chi connectivity index (χ3n) is 5.37. The van der Waals surface area contributed by atoms with Gasteiger partial charge >= 0.3 is 0 Å². The van der Waals surface area contributed by atoms with Crippen LogP contribution in [0.3, 0.4) is 0 Å². The molecule has 180 valence electrons. The molecule has 34 heavy (non-hydrogen) atoms. The Kier molecular flexibility index (Phi) is 7.74. The molecule has 2 N–H and O–H groups in total. The molecule has 1 amide bonds. The number of halogens is 1. The molecule has 0 saturated heterocycles. The largest absolute Gasteiger partial charge is 0.497 e. The molecule has 0 saturated carbocycles. The Hall–Kier alpha value is -3.23. The first-order chi connectivity index (χ1) is 16.1. The van der Waals surface area contributed by atoms with E-state index >= 15 is 0 Å². The Labute approximate surface area is 205 Å². The highest BCUT2D eigenvalue weighted by molar-refractivity contribution is 7.92. The summed E-state index contributed by atoms with van der Waals surface area (Å²) in [5, 5.41) is 2.88. The molecule has 0 bridgehead atoms. The van der Waals surface area contributed by atoms with Crippen molar-refractivity contribution in [3.8, 4) is 11.5 Å². The van der Waals surface area contributed by atoms with Crippen LogP contribution < -0.4 is 19.5 Å². The number of hydrogen-bond donors (Lipinski definition) is 2. The highest BCUT2D eigenvalue weighted by Crippen LogP contribution is 2.30. The fourth-order valence-electron chi connectivity index (χ4n) is 3.43. The van der Waals surface area contributed by atoms with Gasteiger partial charge in [0.25, 0.3) is 15.9 Å². The van der Waals surface area contributed by atoms with Gasteiger partial charge in [-0.05, 0) is 74.4 Å². The normalized spacial score (nSPS) is 12.1. The van der Waals surface area contributed by atoms with Crippen LogP contribution in [0.1, 0.15) is 40.0 Å². The van der Waals surface area contributed by atoms with E-state index in [-0.39, 0.29) is 15.5 Å². The number of ether oxygens (including phenoxy) is 2. The molecule has 3 aromatic carbocycles. The van der Waals surface area contributed by atoms with Crippen LogP contribution in [0.4, 0.5) is 5.69 Å². The third kappa shape index (κ3) is 5.63. The van der Waals surface area contributed by atoms with Gasteiger partial charge in [0.05, 0.1) is 31.0 Å². The van der Waals surface area contributed by atoms with Gasteiger partial charge in [-0.1, -0.05) is 23.7 Å². The van der Waals surface area contributed by atoms with E-state index in [9.17, 15) is 13.2 Å². The summed E-state index contributed by atoms with van der Waals surface area (Å²) in [6.45, 7) is 5.47. The average molecular weight is 503 g/mol. The minimum Gasteiger partial charge on any atom is -0.497 e. The number of nitrogens with one attached hydrogen (secondary N) is 2. The Morgan fingerprint density at radius 3 is 2.38 bits per heavy atom. The number of amides is 1. The Balaban J connectivity index is 1.88. The summed E-state index contributed by atoms with van der Waals surface area (Å²) < 4.78 is 39.4. The quantitative estimate of drug-likeness (QED) is 0.438. The first-order valence-electron chi connectivity index (χ1n) is 10.5. The van der Waals surface area contributed by atoms with Crippen molar-refractivity contribution in [3.63, 3.8) is 0 Å². The first kappa shape index (κ1) is 25.4. The maximum Gasteiger partial charge on any atom is 0.263 e. The van der Waals surface area contributed by atoms with Crippen molar-refractivity contribution in [2.24, 2.45) is 0 Å². The zero-order valence-electron chi connectivity index (χ0n) is 19.6. The summed E-state index contributed by atoms with van der Waals surface area (Å²) in [7, 11) is -0.945. The molecule has 3 rings (SSSR count). The standard InChI is InChI=1S/C25H27ClN2O5S/c1-15-6-7-16(2)22(12-15)28-34(30,31)24-13-18(8-10-21(24)26)25(29)27-17(3)20-14-19(32-4)9-11-23(20)33-5/h6-14,17,28H,1-5H3,(H,27,29)/t17-/m0/s1. The molecular weight excluding hydrogens is 476 g/mol. The van der Waals surface area contributed by atoms with Crippen LogP contribution >= 0.6 is 11.6 Å². The van der Waals surface area contributed by atoms with Crippen LogP contribution in [0, 0.1) is 13.8 Å². The molecular formula is C25H27ClN2O5S. The van der Waals surface area contributed by atoms with E-state index in [2.05, 4.69) is 10.0 Å². The minimum atomic E-state index is -4.04. The lowest BCUT2D eigenvalue weighted by molar-refractivity contribution is 0.0939. The van der Waals surface area contributed by atoms with Gasteiger partial charge in [-0.25, -0.2) is 8.42 Å². The Bertz CT molecular complexity index is 1320. The van der Waals surface area contributed by atoms with Gasteiger partial charge in [0.1, 0.15) is 16.4 Å². The molecule has 0 radical (unpaired) electrons. The summed E-state index contributed by atoms with van der Waals surface area (Å²) in [6, 6.07) is 14.4. The van der Waals surface area contributed by atoms with Crippen LogP contribution in [0.15, 0.2) is 59.5 Å². The average Bonchev–Trinajstić information content (AvgIpc) is 2.80. The van der Waals surface area contributed by atoms with E-state index in [0.29, 0.717) is 22.7 Å². The highest BCUT2D eigenvalue weighted by Gasteiger charge is 2.22. The van der Waals surface area contributed by atoms with E-state index in [0.717, 1.165) is 11.1 Å². The van der Waals surface area contributed by atoms with Crippen molar-refractivity contribution in [2.45, 2.75) is 31.7 Å². The summed E-state index contributed by atoms with van der Waals surface area (Å²) in [4.78, 5) is 12.8. The van der Waals surface area contributed by atoms with Crippen LogP contribution in [-0.2, 0) is 10.0 Å². The number of carbonyl (C=O) groups is 1. The van der Waals surface area contributed by atoms with E-state index in [1.165, 1.54) is 18.2 Å². The molecule has 0 unspecified atom stereocenters. The second-order valence-corrected chi connectivity index (χ2v) is 9.93. The lowest BCUT2D eigenvalue weighted by atomic mass is 10.1. The van der Waals surface area contributed by atoms with Gasteiger partial charge in [-0.3, -0.25) is 9.52 Å². The van der Waals surface area contributed by atoms with Gasteiger partial charge in [-0.15, -0.1) is 0 Å². The lowest BCUT2D eigenvalue weighted by Crippen LogP contribution is -2.27. The van der Waals surface area contributed by atoms with E-state index in [1.807, 2.05) is 19.1 Å². The van der Waals surface area contributed by atoms with Crippen LogP contribution in [-0.4, -0.2) is 28.5 Å². The highest BCUT2D eigenvalue weighted by atomic mass is 35.5. The summed E-state index contributed by atoms with van der Waals surface area (Å²) >= 11 is 6.22. The maximum atomic E-state index is 13.1. The second-order valence-electron chi connectivity index (χ2n) is 7.87. The van der Waals surface area contributed by atoms with Crippen molar-refractivity contribution in [1.82, 2.24) is 5.32 Å². The fourth-order valence-corrected chi connectivity index (χ4v) is 5.08. The molecule has 1 atom stereocenters. The number of aryl methyl sites for hydroxylation is 2. The van der Waals surface area contributed by atoms with Gasteiger partial charge < -0.3 is 14.8 Å². The predicted molar refractivity (Wildman–Crippen MR) is 134 cm³/mol. The van der Waals surface area contributed by atoms with Crippen molar-refractivity contribution in [2.75, 3.05) is 18.9 Å². The molecule has 0 aliphatic carbocycles. The third-order valence-corrected chi connectivity index (χ3v) is 7.22. The summed E-state index contributed by atoms with van der Waals surface area (Å²) in [5.74, 6) is 0.747. The van der Waals surface area contributed by atoms with Gasteiger partial charge in [0.15, 0.2) is 0 Å². The topological polar surface area (TPSA) is 93.7 Å². The zero-order chi connectivity index (χ0) is 25.0. The number of benzene rings is 3. The monoisotopic (exact) mass is 502 g/mol. The van der Waals surface area contributed by atoms with Crippen molar-refractivity contribution < 1.29 is 22.7 Å². The molecule has 0 spiro atoms. The second kappa shape index (κ2) is 10.4. The molecule has 3 aromatic rings. The summed E-state index contributed by atoms with van der Waals surface area (Å²) in [5.41, 5.74) is 2.99. The molecule has 0 aromatic heterocycles. The van der Waals surface area contributed by atoms with Crippen LogP contribution in [0.2, 0.25) is 5.02 Å². The molecule has 0 fully saturated rings. The number of sulfonamides is 1. The lowest BCUT2D eigenvalue weighted by Gasteiger charge is -2.19. The maximum absolute atomic E-state index is 13.1. The van der Waals surface area contributed by atoms with E-state index in [1.54, 1.807) is 52.3 Å². The van der Waals surface area contributed by atoms with E-state index in [4.69, 9.17) is 21.1 Å². The van der Waals surface area contributed by atoms with Gasteiger partial charge in [-0.2, -0.15) is 0 Å². The zero-order valence-corrected chi connectivity index (χ0v) is 21.2. The number of rotatable bonds is 8. The first-order valence-corrected chi connectivity index (χ1v) is 12.3. The smallest absolute Gasteiger partial charge is 0.263 e. The van der Waals surface area contributed by atoms with Crippen LogP contribution in [0.5, 0.6) is 11.5 Å². The van der Waals surface area contributed by atoms with Crippen LogP contribution in [0.25, 0.3) is 0 Å². The number of hydrogen-bond acceptors (Lipinski definition) is 5. The molecule has 7 nitrogen and oxygen atoms in total. The minimum absolute atomic E-state index is 0.0110. The van der Waals surface area contributed by atoms with Crippen molar-refractivity contribution in [1.29, 1.82) is 0 Å². The number of anilines is 1. The Morgan fingerprint density at radius 1 is 0.971 bits per heavy atom. The van der Waals surface area contributed by atoms with E-state index < -0.39 is 22.0 Å². The van der Waals surface area contributed by atoms with Crippen molar-refractivity contribution >= 4 is 33.2 Å². The van der Waals surface area contributed by atoms with Gasteiger partial charge in [0, 0.05) is 11.1 Å². The number of methoxy groups -OCH3 is 2. The SMILES string of the molecule is COc1ccc(OC)c([C@H](C)NC(=O)c2ccc(Cl)c(S(=O)(=O)Nc3cc(C)ccc3C)c2)c1. The Morgan fingerprint density at radius 2 is 1.71 bits per heavy atom. The number of carbonyl (C=O) groups excluding carboxylic acids is 1.